The number of benzene rings is 1. The van der Waals surface area contributed by atoms with Gasteiger partial charge in [-0.15, -0.1) is 0 Å². The largest absolute Gasteiger partial charge is 0.488 e. The zero-order chi connectivity index (χ0) is 22.2. The molecule has 0 saturated carbocycles. The van der Waals surface area contributed by atoms with Crippen LogP contribution in [-0.4, -0.2) is 29.2 Å². The normalized spacial score (nSPS) is 13.4. The van der Waals surface area contributed by atoms with E-state index in [0.29, 0.717) is 22.7 Å². The van der Waals surface area contributed by atoms with E-state index in [-0.39, 0.29) is 19.0 Å². The van der Waals surface area contributed by atoms with E-state index < -0.39 is 17.8 Å². The summed E-state index contributed by atoms with van der Waals surface area (Å²) in [6.45, 7) is 4.24. The summed E-state index contributed by atoms with van der Waals surface area (Å²) in [4.78, 5) is 23.0. The number of hydrogen-bond donors (Lipinski definition) is 1. The molecule has 0 unspecified atom stereocenters. The Balaban J connectivity index is 1.66. The van der Waals surface area contributed by atoms with Crippen molar-refractivity contribution in [2.24, 2.45) is 0 Å². The minimum absolute atomic E-state index is 0.246. The third-order valence-electron chi connectivity index (χ3n) is 4.89. The number of hydrogen-bond acceptors (Lipinski definition) is 4. The summed E-state index contributed by atoms with van der Waals surface area (Å²) in [6.07, 6.45) is -2.88. The van der Waals surface area contributed by atoms with Gasteiger partial charge in [0.25, 0.3) is 0 Å². The predicted octanol–water partition coefficient (Wildman–Crippen LogP) is 5.21. The lowest BCUT2D eigenvalue weighted by atomic mass is 10.1. The molecule has 0 fully saturated rings. The second kappa shape index (κ2) is 7.90. The van der Waals surface area contributed by atoms with Gasteiger partial charge in [0.2, 0.25) is 0 Å². The minimum Gasteiger partial charge on any atom is -0.488 e. The molecule has 0 aliphatic carbocycles. The highest BCUT2D eigenvalue weighted by Gasteiger charge is 2.31. The van der Waals surface area contributed by atoms with Crippen LogP contribution in [0.4, 0.5) is 29.5 Å². The summed E-state index contributed by atoms with van der Waals surface area (Å²) in [5, 5.41) is 2.82. The van der Waals surface area contributed by atoms with Crippen molar-refractivity contribution >= 4 is 17.5 Å². The van der Waals surface area contributed by atoms with E-state index in [2.05, 4.69) is 15.3 Å². The van der Waals surface area contributed by atoms with Crippen LogP contribution in [0.15, 0.2) is 48.7 Å². The number of aromatic nitrogens is 2. The van der Waals surface area contributed by atoms with Crippen LogP contribution in [0, 0.1) is 13.8 Å². The first-order valence-electron chi connectivity index (χ1n) is 9.55. The predicted molar refractivity (Wildman–Crippen MR) is 110 cm³/mol. The van der Waals surface area contributed by atoms with Crippen molar-refractivity contribution in [3.63, 3.8) is 0 Å². The van der Waals surface area contributed by atoms with E-state index in [1.165, 1.54) is 11.0 Å². The molecule has 0 atom stereocenters. The summed E-state index contributed by atoms with van der Waals surface area (Å²) in [6, 6.07) is 9.51. The van der Waals surface area contributed by atoms with Crippen LogP contribution in [-0.2, 0) is 6.18 Å². The van der Waals surface area contributed by atoms with Gasteiger partial charge in [0.15, 0.2) is 11.6 Å². The molecular formula is C22H19F3N4O2. The number of nitrogens with zero attached hydrogens (tertiary/aromatic N) is 3. The number of anilines is 2. The number of rotatable bonds is 2. The zero-order valence-electron chi connectivity index (χ0n) is 16.8. The molecule has 2 aromatic heterocycles. The molecule has 3 aromatic rings. The average molecular weight is 428 g/mol. The second-order valence-electron chi connectivity index (χ2n) is 7.17. The molecule has 1 aromatic carbocycles. The molecule has 1 aliphatic heterocycles. The van der Waals surface area contributed by atoms with Crippen LogP contribution in [0.1, 0.15) is 16.8 Å². The first kappa shape index (κ1) is 20.6. The molecule has 1 N–H and O–H groups in total. The molecule has 6 nitrogen and oxygen atoms in total. The standard InChI is InChI=1S/C22H19F3N4O2/c1-13-10-14(2)26-12-18(13)28-21(30)29-8-9-31-19-7-6-17(27-20(19)29)15-4-3-5-16(11-15)22(23,24)25/h3-7,10-12H,8-9H2,1-2H3,(H,28,30). The third kappa shape index (κ3) is 4.30. The van der Waals surface area contributed by atoms with Gasteiger partial charge in [0, 0.05) is 11.3 Å². The monoisotopic (exact) mass is 428 g/mol. The van der Waals surface area contributed by atoms with Gasteiger partial charge in [-0.2, -0.15) is 13.2 Å². The Morgan fingerprint density at radius 2 is 1.97 bits per heavy atom. The highest BCUT2D eigenvalue weighted by Crippen LogP contribution is 2.35. The van der Waals surface area contributed by atoms with Gasteiger partial charge in [-0.3, -0.25) is 9.88 Å². The SMILES string of the molecule is Cc1cc(C)c(NC(=O)N2CCOc3ccc(-c4cccc(C(F)(F)F)c4)nc32)cn1. The number of amides is 2. The first-order valence-corrected chi connectivity index (χ1v) is 9.55. The molecule has 0 radical (unpaired) electrons. The van der Waals surface area contributed by atoms with Gasteiger partial charge < -0.3 is 10.1 Å². The van der Waals surface area contributed by atoms with Gasteiger partial charge >= 0.3 is 12.2 Å². The summed E-state index contributed by atoms with van der Waals surface area (Å²) < 4.78 is 44.8. The maximum Gasteiger partial charge on any atom is 0.416 e. The Labute approximate surface area is 176 Å². The van der Waals surface area contributed by atoms with E-state index in [9.17, 15) is 18.0 Å². The topological polar surface area (TPSA) is 67.4 Å². The molecule has 2 amide bonds. The Morgan fingerprint density at radius 1 is 1.16 bits per heavy atom. The Morgan fingerprint density at radius 3 is 2.71 bits per heavy atom. The minimum atomic E-state index is -4.46. The fraction of sp³-hybridized carbons (Fsp3) is 0.227. The third-order valence-corrected chi connectivity index (χ3v) is 4.89. The Kier molecular flexibility index (Phi) is 5.26. The van der Waals surface area contributed by atoms with Crippen LogP contribution in [0.3, 0.4) is 0 Å². The lowest BCUT2D eigenvalue weighted by Gasteiger charge is -2.29. The van der Waals surface area contributed by atoms with Crippen LogP contribution in [0.5, 0.6) is 5.75 Å². The number of urea groups is 1. The molecule has 0 bridgehead atoms. The van der Waals surface area contributed by atoms with Crippen LogP contribution in [0.2, 0.25) is 0 Å². The van der Waals surface area contributed by atoms with Crippen molar-refractivity contribution in [3.8, 4) is 17.0 Å². The Bertz CT molecular complexity index is 1150. The van der Waals surface area contributed by atoms with Crippen LogP contribution < -0.4 is 15.0 Å². The molecule has 0 saturated heterocycles. The lowest BCUT2D eigenvalue weighted by molar-refractivity contribution is -0.137. The summed E-state index contributed by atoms with van der Waals surface area (Å²) >= 11 is 0. The number of pyridine rings is 2. The number of fused-ring (bicyclic) bond motifs is 1. The lowest BCUT2D eigenvalue weighted by Crippen LogP contribution is -2.41. The molecule has 3 heterocycles. The number of carbonyl (C=O) groups excluding carboxylic acids is 1. The van der Waals surface area contributed by atoms with Gasteiger partial charge in [-0.05, 0) is 49.7 Å². The van der Waals surface area contributed by atoms with Crippen molar-refractivity contribution in [1.29, 1.82) is 0 Å². The molecule has 9 heteroatoms. The zero-order valence-corrected chi connectivity index (χ0v) is 16.8. The van der Waals surface area contributed by atoms with Crippen molar-refractivity contribution in [2.45, 2.75) is 20.0 Å². The quantitative estimate of drug-likeness (QED) is 0.609. The average Bonchev–Trinajstić information content (AvgIpc) is 2.74. The van der Waals surface area contributed by atoms with E-state index >= 15 is 0 Å². The summed E-state index contributed by atoms with van der Waals surface area (Å²) in [5.74, 6) is 0.632. The number of halogens is 3. The van der Waals surface area contributed by atoms with Gasteiger partial charge in [0.1, 0.15) is 6.61 Å². The van der Waals surface area contributed by atoms with Crippen LogP contribution in [0.25, 0.3) is 11.3 Å². The van der Waals surface area contributed by atoms with Gasteiger partial charge in [-0.1, -0.05) is 12.1 Å². The molecule has 160 valence electrons. The van der Waals surface area contributed by atoms with Crippen LogP contribution >= 0.6 is 0 Å². The number of ether oxygens (including phenoxy) is 1. The highest BCUT2D eigenvalue weighted by molar-refractivity contribution is 6.02. The van der Waals surface area contributed by atoms with Crippen molar-refractivity contribution in [2.75, 3.05) is 23.4 Å². The van der Waals surface area contributed by atoms with Gasteiger partial charge in [0.05, 0.1) is 29.7 Å². The number of aryl methyl sites for hydroxylation is 2. The van der Waals surface area contributed by atoms with Crippen molar-refractivity contribution in [3.05, 3.63) is 65.5 Å². The maximum atomic E-state index is 13.1. The fourth-order valence-corrected chi connectivity index (χ4v) is 3.32. The molecule has 0 spiro atoms. The van der Waals surface area contributed by atoms with E-state index in [4.69, 9.17) is 4.74 Å². The molecule has 4 rings (SSSR count). The first-order chi connectivity index (χ1) is 14.7. The molecule has 31 heavy (non-hydrogen) atoms. The van der Waals surface area contributed by atoms with E-state index in [1.54, 1.807) is 24.4 Å². The number of nitrogens with one attached hydrogen (secondary N) is 1. The maximum absolute atomic E-state index is 13.1. The summed E-state index contributed by atoms with van der Waals surface area (Å²) in [7, 11) is 0. The highest BCUT2D eigenvalue weighted by atomic mass is 19.4. The summed E-state index contributed by atoms with van der Waals surface area (Å²) in [5.41, 5.74) is 2.10. The number of carbonyl (C=O) groups is 1. The van der Waals surface area contributed by atoms with Crippen molar-refractivity contribution in [1.82, 2.24) is 9.97 Å². The van der Waals surface area contributed by atoms with Crippen molar-refractivity contribution < 1.29 is 22.7 Å². The Hall–Kier alpha value is -3.62. The van der Waals surface area contributed by atoms with E-state index in [0.717, 1.165) is 23.4 Å². The van der Waals surface area contributed by atoms with Gasteiger partial charge in [-0.25, -0.2) is 9.78 Å². The van der Waals surface area contributed by atoms with E-state index in [1.807, 2.05) is 19.9 Å². The smallest absolute Gasteiger partial charge is 0.416 e. The molecule has 1 aliphatic rings. The molecular weight excluding hydrogens is 409 g/mol. The fourth-order valence-electron chi connectivity index (χ4n) is 3.32. The number of alkyl halides is 3. The second-order valence-corrected chi connectivity index (χ2v) is 7.17.